The average Bonchev–Trinajstić information content (AvgIpc) is 2.89. The molecule has 0 aromatic carbocycles. The molecule has 0 saturated heterocycles. The normalized spacial score (nSPS) is 38.7. The molecule has 0 amide bonds. The van der Waals surface area contributed by atoms with Crippen LogP contribution in [0.3, 0.4) is 0 Å². The Hall–Kier alpha value is 0.891. The van der Waals surface area contributed by atoms with Gasteiger partial charge in [-0.2, -0.15) is 0 Å². The Balaban J connectivity index is 0. The third kappa shape index (κ3) is 5.49. The molecule has 0 heterocycles. The van der Waals surface area contributed by atoms with Gasteiger partial charge < -0.3 is 27.3 Å². The Labute approximate surface area is 183 Å². The van der Waals surface area contributed by atoms with Crippen LogP contribution >= 0.6 is 0 Å². The average molecular weight is 414 g/mol. The first-order chi connectivity index (χ1) is 10.1. The second-order valence-corrected chi connectivity index (χ2v) is 14.6. The fraction of sp³-hybridized carbons (Fsp3) is 0.870. The minimum Gasteiger partial charge on any atom is -0.660 e. The summed E-state index contributed by atoms with van der Waals surface area (Å²) in [5.41, 5.74) is 1.06. The third-order valence-corrected chi connectivity index (χ3v) is 11.3. The van der Waals surface area contributed by atoms with Gasteiger partial charge in [0, 0.05) is 0 Å². The molecule has 0 aromatic rings. The Morgan fingerprint density at radius 2 is 1.27 bits per heavy atom. The molecule has 3 saturated carbocycles. The fourth-order valence-electron chi connectivity index (χ4n) is 7.01. The maximum Gasteiger partial charge on any atom is 4.00 e. The monoisotopic (exact) mass is 413 g/mol. The van der Waals surface area contributed by atoms with Crippen molar-refractivity contribution in [2.24, 2.45) is 35.5 Å². The second-order valence-electron chi connectivity index (χ2n) is 10.4. The van der Waals surface area contributed by atoms with E-state index < -0.39 is 8.24 Å². The number of hydrogen-bond acceptors (Lipinski definition) is 0. The van der Waals surface area contributed by atoms with Gasteiger partial charge in [-0.3, -0.25) is 0 Å². The zero-order valence-corrected chi connectivity index (χ0v) is 22.1. The summed E-state index contributed by atoms with van der Waals surface area (Å²) in [6.45, 7) is 17.2. The Kier molecular flexibility index (Phi) is 11.3. The number of rotatable bonds is 2. The van der Waals surface area contributed by atoms with Gasteiger partial charge in [0.1, 0.15) is 0 Å². The summed E-state index contributed by atoms with van der Waals surface area (Å²) < 4.78 is 0. The summed E-state index contributed by atoms with van der Waals surface area (Å²) >= 11 is 0. The number of fused-ring (bicyclic) bond motifs is 2. The molecule has 0 N–H and O–H groups in total. The van der Waals surface area contributed by atoms with Crippen LogP contribution in [-0.2, 0) is 21.7 Å². The Morgan fingerprint density at radius 1 is 0.808 bits per heavy atom. The first-order valence-corrected chi connectivity index (χ1v) is 12.9. The summed E-state index contributed by atoms with van der Waals surface area (Å²) in [5.74, 6) is 5.98. The van der Waals surface area contributed by atoms with Crippen molar-refractivity contribution in [2.45, 2.75) is 90.9 Å². The molecule has 3 rings (SSSR count). The van der Waals surface area contributed by atoms with Crippen molar-refractivity contribution in [3.8, 4) is 0 Å². The van der Waals surface area contributed by atoms with Crippen LogP contribution in [0.2, 0.25) is 18.6 Å². The molecule has 3 fully saturated rings. The molecule has 0 bridgehead atoms. The summed E-state index contributed by atoms with van der Waals surface area (Å²) in [6, 6.07) is 0. The maximum atomic E-state index is 5.42. The number of nitrogens with zero attached hydrogens (tertiary/aromatic N) is 1. The molecular weight excluding hydrogens is 366 g/mol. The van der Waals surface area contributed by atoms with E-state index in [0.29, 0.717) is 0 Å². The van der Waals surface area contributed by atoms with Crippen LogP contribution in [0.1, 0.15) is 66.7 Å². The molecule has 0 radical (unpaired) electrons. The van der Waals surface area contributed by atoms with Crippen LogP contribution in [0.4, 0.5) is 0 Å². The smallest absolute Gasteiger partial charge is 0.660 e. The van der Waals surface area contributed by atoms with Gasteiger partial charge in [0.05, 0.1) is 0 Å². The van der Waals surface area contributed by atoms with E-state index in [-0.39, 0.29) is 49.5 Å². The summed E-state index contributed by atoms with van der Waals surface area (Å²) in [7, 11) is -1.54. The van der Waals surface area contributed by atoms with Gasteiger partial charge in [-0.1, -0.05) is 80.8 Å². The number of hydrogen-bond donors (Lipinski definition) is 0. The molecule has 3 aliphatic carbocycles. The van der Waals surface area contributed by atoms with E-state index >= 15 is 0 Å². The van der Waals surface area contributed by atoms with E-state index in [4.69, 9.17) is 4.98 Å². The van der Waals surface area contributed by atoms with Crippen molar-refractivity contribution < 1.29 is 21.7 Å². The molecule has 152 valence electrons. The molecule has 26 heavy (non-hydrogen) atoms. The molecule has 3 heteroatoms. The zero-order chi connectivity index (χ0) is 16.3. The van der Waals surface area contributed by atoms with Crippen LogP contribution in [0.15, 0.2) is 0 Å². The second kappa shape index (κ2) is 10.1. The molecule has 3 aliphatic rings. The van der Waals surface area contributed by atoms with Crippen molar-refractivity contribution in [1.82, 2.24) is 0 Å². The van der Waals surface area contributed by atoms with Crippen molar-refractivity contribution in [3.05, 3.63) is 27.3 Å². The summed E-state index contributed by atoms with van der Waals surface area (Å²) in [6.07, 6.45) is 7.67. The van der Waals surface area contributed by atoms with E-state index in [1.807, 2.05) is 0 Å². The zero-order valence-electron chi connectivity index (χ0n) is 19.5. The molecule has 6 unspecified atom stereocenters. The predicted molar refractivity (Wildman–Crippen MR) is 119 cm³/mol. The van der Waals surface area contributed by atoms with E-state index in [1.165, 1.54) is 19.3 Å². The van der Waals surface area contributed by atoms with Gasteiger partial charge >= 0.3 is 21.7 Å². The predicted octanol–water partition coefficient (Wildman–Crippen LogP) is 7.81. The quantitative estimate of drug-likeness (QED) is 0.324. The fourth-order valence-corrected chi connectivity index (χ4v) is 11.9. The first-order valence-electron chi connectivity index (χ1n) is 9.84. The minimum atomic E-state index is -1.54. The standard InChI is InChI=1S/C20H38NSi.3CH3.Ti/c1-13-14(2)19(22(6,7)21-20(3,4)5)18-12-16-10-8-9-15(16)11-17(13)18;;;;/h13-19H,8-12H2,1-7H3;3*1H3;/q4*-1;+4/t13?,14-,15?,16?,17?,18?,19?;;;;/m1..../s1. The first kappa shape index (κ1) is 29.1. The third-order valence-electron chi connectivity index (χ3n) is 7.49. The van der Waals surface area contributed by atoms with Gasteiger partial charge in [-0.05, 0) is 48.3 Å². The molecule has 7 atom stereocenters. The largest absolute Gasteiger partial charge is 4.00 e. The van der Waals surface area contributed by atoms with Crippen LogP contribution < -0.4 is 0 Å². The van der Waals surface area contributed by atoms with Crippen LogP contribution in [0.25, 0.3) is 4.98 Å². The van der Waals surface area contributed by atoms with Crippen molar-refractivity contribution >= 4 is 8.24 Å². The van der Waals surface area contributed by atoms with Crippen molar-refractivity contribution in [1.29, 1.82) is 0 Å². The van der Waals surface area contributed by atoms with Gasteiger partial charge in [0.2, 0.25) is 0 Å². The van der Waals surface area contributed by atoms with Crippen molar-refractivity contribution in [2.75, 3.05) is 0 Å². The van der Waals surface area contributed by atoms with Gasteiger partial charge in [0.25, 0.3) is 0 Å². The Morgan fingerprint density at radius 3 is 1.73 bits per heavy atom. The van der Waals surface area contributed by atoms with Gasteiger partial charge in [0.15, 0.2) is 0 Å². The summed E-state index contributed by atoms with van der Waals surface area (Å²) in [4.78, 5) is 5.42. The molecule has 0 aliphatic heterocycles. The topological polar surface area (TPSA) is 14.1 Å². The SMILES string of the molecule is CC1C2CC3CCCC3CC2C([Si](C)(C)[N-]C(C)(C)C)[C@@H]1C.[CH3-].[CH3-].[CH3-].[Ti+4]. The van der Waals surface area contributed by atoms with E-state index in [0.717, 1.165) is 41.0 Å². The van der Waals surface area contributed by atoms with E-state index in [2.05, 4.69) is 47.7 Å². The van der Waals surface area contributed by atoms with Crippen LogP contribution in [-0.4, -0.2) is 13.8 Å². The molecule has 1 nitrogen and oxygen atoms in total. The van der Waals surface area contributed by atoms with E-state index in [1.54, 1.807) is 12.8 Å². The molecule has 0 aromatic heterocycles. The van der Waals surface area contributed by atoms with Crippen molar-refractivity contribution in [3.63, 3.8) is 0 Å². The molecule has 0 spiro atoms. The summed E-state index contributed by atoms with van der Waals surface area (Å²) in [5, 5.41) is 0. The van der Waals surface area contributed by atoms with Gasteiger partial charge in [-0.25, -0.2) is 0 Å². The van der Waals surface area contributed by atoms with Crippen LogP contribution in [0, 0.1) is 57.8 Å². The Bertz CT molecular complexity index is 417. The molecular formula is C23H47NSiTi. The van der Waals surface area contributed by atoms with Crippen LogP contribution in [0.5, 0.6) is 0 Å². The maximum absolute atomic E-state index is 5.42. The minimum absolute atomic E-state index is 0. The van der Waals surface area contributed by atoms with Gasteiger partial charge in [-0.15, -0.1) is 5.54 Å². The van der Waals surface area contributed by atoms with E-state index in [9.17, 15) is 0 Å².